The number of amides is 1. The molecule has 1 amide bonds. The van der Waals surface area contributed by atoms with E-state index < -0.39 is 0 Å². The second-order valence-electron chi connectivity index (χ2n) is 9.32. The topological polar surface area (TPSA) is 32.3 Å². The molecule has 0 radical (unpaired) electrons. The van der Waals surface area contributed by atoms with Gasteiger partial charge in [0.2, 0.25) is 0 Å². The molecule has 0 bridgehead atoms. The third-order valence-electron chi connectivity index (χ3n) is 7.81. The van der Waals surface area contributed by atoms with E-state index in [1.54, 1.807) is 5.69 Å². The summed E-state index contributed by atoms with van der Waals surface area (Å²) >= 11 is 0. The molecule has 1 N–H and O–H groups in total. The monoisotopic (exact) mass is 372 g/mol. The Morgan fingerprint density at radius 3 is 2.07 bits per heavy atom. The van der Waals surface area contributed by atoms with Crippen molar-refractivity contribution < 1.29 is 4.79 Å². The number of nitrogens with one attached hydrogen (secondary N) is 1. The molecule has 2 saturated carbocycles. The molecular weight excluding hydrogens is 344 g/mol. The minimum atomic E-state index is 0.00201. The van der Waals surface area contributed by atoms with E-state index in [1.807, 2.05) is 30.3 Å². The molecule has 28 heavy (non-hydrogen) atoms. The Hall–Kier alpha value is -2.29. The van der Waals surface area contributed by atoms with E-state index in [2.05, 4.69) is 22.3 Å². The number of hydrogen-bond donors (Lipinski definition) is 1. The van der Waals surface area contributed by atoms with Crippen LogP contribution in [-0.4, -0.2) is 19.0 Å². The number of anilines is 2. The Kier molecular flexibility index (Phi) is 3.78. The Bertz CT molecular complexity index is 876. The van der Waals surface area contributed by atoms with Crippen LogP contribution in [0.4, 0.5) is 11.4 Å². The fourth-order valence-electron chi connectivity index (χ4n) is 6.63. The molecule has 3 heteroatoms. The first-order chi connectivity index (χ1) is 13.8. The molecule has 2 aliphatic heterocycles. The Balaban J connectivity index is 1.43. The number of carbonyl (C=O) groups is 1. The smallest absolute Gasteiger partial charge is 0.255 e. The van der Waals surface area contributed by atoms with E-state index in [0.29, 0.717) is 11.8 Å². The van der Waals surface area contributed by atoms with Crippen LogP contribution >= 0.6 is 0 Å². The van der Waals surface area contributed by atoms with Crippen LogP contribution in [0.3, 0.4) is 0 Å². The van der Waals surface area contributed by atoms with Gasteiger partial charge in [-0.1, -0.05) is 31.0 Å². The van der Waals surface area contributed by atoms with E-state index in [1.165, 1.54) is 62.7 Å². The quantitative estimate of drug-likeness (QED) is 0.751. The first kappa shape index (κ1) is 16.6. The van der Waals surface area contributed by atoms with Gasteiger partial charge in [0.05, 0.1) is 0 Å². The highest BCUT2D eigenvalue weighted by molar-refractivity contribution is 6.04. The van der Waals surface area contributed by atoms with Crippen LogP contribution in [0.2, 0.25) is 0 Å². The average Bonchev–Trinajstić information content (AvgIpc) is 3.38. The third kappa shape index (κ3) is 2.52. The standard InChI is InChI=1S/C25H28N2O/c28-25(16-6-2-1-3-7-16)26-19-12-22-20-10-4-8-17(20)14-27-15-18-9-5-11-21(18)23(13-19)24(22)27/h1-3,6-7,12-13,17-18,20-21H,4-5,8-11,14-15H2,(H,26,28)/t17-,18-,20-,21+/m0/s1. The molecule has 2 fully saturated rings. The van der Waals surface area contributed by atoms with Gasteiger partial charge >= 0.3 is 0 Å². The van der Waals surface area contributed by atoms with Gasteiger partial charge in [0, 0.05) is 30.0 Å². The van der Waals surface area contributed by atoms with E-state index in [0.717, 1.165) is 23.1 Å². The van der Waals surface area contributed by atoms with E-state index in [4.69, 9.17) is 0 Å². The highest BCUT2D eigenvalue weighted by Crippen LogP contribution is 2.56. The number of rotatable bonds is 2. The predicted octanol–water partition coefficient (Wildman–Crippen LogP) is 5.54. The lowest BCUT2D eigenvalue weighted by Crippen LogP contribution is -2.43. The highest BCUT2D eigenvalue weighted by atomic mass is 16.1. The highest BCUT2D eigenvalue weighted by Gasteiger charge is 2.44. The summed E-state index contributed by atoms with van der Waals surface area (Å²) in [5.74, 6) is 2.99. The molecule has 2 heterocycles. The van der Waals surface area contributed by atoms with Gasteiger partial charge < -0.3 is 10.2 Å². The van der Waals surface area contributed by atoms with Gasteiger partial charge in [0.15, 0.2) is 0 Å². The van der Waals surface area contributed by atoms with Gasteiger partial charge in [-0.15, -0.1) is 0 Å². The van der Waals surface area contributed by atoms with Crippen molar-refractivity contribution >= 4 is 17.3 Å². The third-order valence-corrected chi connectivity index (χ3v) is 7.81. The van der Waals surface area contributed by atoms with Crippen molar-refractivity contribution in [3.05, 3.63) is 59.2 Å². The summed E-state index contributed by atoms with van der Waals surface area (Å²) < 4.78 is 0. The fraction of sp³-hybridized carbons (Fsp3) is 0.480. The largest absolute Gasteiger partial charge is 0.370 e. The molecule has 4 aliphatic rings. The van der Waals surface area contributed by atoms with E-state index in [-0.39, 0.29) is 5.91 Å². The summed E-state index contributed by atoms with van der Waals surface area (Å²) in [6.07, 6.45) is 8.07. The first-order valence-corrected chi connectivity index (χ1v) is 11.1. The fourth-order valence-corrected chi connectivity index (χ4v) is 6.63. The van der Waals surface area contributed by atoms with E-state index >= 15 is 0 Å². The summed E-state index contributed by atoms with van der Waals surface area (Å²) in [5.41, 5.74) is 6.33. The SMILES string of the molecule is O=C(Nc1cc2c3c(c1)[C@@H]1CCC[C@H]1CN3C[C@@H]1CCC[C@H]21)c1ccccc1. The molecular formula is C25H28N2O. The van der Waals surface area contributed by atoms with Crippen molar-refractivity contribution in [3.8, 4) is 0 Å². The van der Waals surface area contributed by atoms with Gasteiger partial charge in [0.25, 0.3) is 5.91 Å². The minimum Gasteiger partial charge on any atom is -0.370 e. The van der Waals surface area contributed by atoms with Gasteiger partial charge in [-0.3, -0.25) is 4.79 Å². The molecule has 0 aromatic heterocycles. The maximum Gasteiger partial charge on any atom is 0.255 e. The van der Waals surface area contributed by atoms with Crippen molar-refractivity contribution in [2.75, 3.05) is 23.3 Å². The van der Waals surface area contributed by atoms with Crippen LogP contribution in [0.5, 0.6) is 0 Å². The summed E-state index contributed by atoms with van der Waals surface area (Å²) in [6.45, 7) is 2.51. The van der Waals surface area contributed by atoms with E-state index in [9.17, 15) is 4.79 Å². The molecule has 0 saturated heterocycles. The zero-order chi connectivity index (χ0) is 18.7. The van der Waals surface area contributed by atoms with Gasteiger partial charge in [-0.2, -0.15) is 0 Å². The molecule has 2 aromatic rings. The van der Waals surface area contributed by atoms with Crippen LogP contribution in [0.1, 0.15) is 71.8 Å². The zero-order valence-corrected chi connectivity index (χ0v) is 16.4. The van der Waals surface area contributed by atoms with Crippen molar-refractivity contribution in [2.45, 2.75) is 50.4 Å². The first-order valence-electron chi connectivity index (χ1n) is 11.1. The lowest BCUT2D eigenvalue weighted by atomic mass is 9.75. The van der Waals surface area contributed by atoms with Crippen LogP contribution in [0.25, 0.3) is 0 Å². The number of benzene rings is 2. The van der Waals surface area contributed by atoms with Crippen molar-refractivity contribution in [3.63, 3.8) is 0 Å². The lowest BCUT2D eigenvalue weighted by Gasteiger charge is -2.46. The Morgan fingerprint density at radius 2 is 1.46 bits per heavy atom. The van der Waals surface area contributed by atoms with Gasteiger partial charge in [0.1, 0.15) is 0 Å². The molecule has 0 spiro atoms. The zero-order valence-electron chi connectivity index (χ0n) is 16.4. The molecule has 4 atom stereocenters. The number of hydrogen-bond acceptors (Lipinski definition) is 2. The van der Waals surface area contributed by atoms with Crippen molar-refractivity contribution in [2.24, 2.45) is 11.8 Å². The maximum absolute atomic E-state index is 12.8. The molecule has 3 nitrogen and oxygen atoms in total. The summed E-state index contributed by atoms with van der Waals surface area (Å²) in [7, 11) is 0. The Labute approximate surface area is 167 Å². The summed E-state index contributed by atoms with van der Waals surface area (Å²) in [5, 5.41) is 3.22. The number of fused-ring (bicyclic) bond motifs is 4. The normalized spacial score (nSPS) is 29.8. The van der Waals surface area contributed by atoms with Crippen molar-refractivity contribution in [1.82, 2.24) is 0 Å². The molecule has 6 rings (SSSR count). The maximum atomic E-state index is 12.8. The van der Waals surface area contributed by atoms with Crippen LogP contribution < -0.4 is 10.2 Å². The number of carbonyl (C=O) groups excluding carboxylic acids is 1. The molecule has 0 unspecified atom stereocenters. The summed E-state index contributed by atoms with van der Waals surface area (Å²) in [6, 6.07) is 14.2. The second-order valence-corrected chi connectivity index (χ2v) is 9.32. The van der Waals surface area contributed by atoms with Crippen molar-refractivity contribution in [1.29, 1.82) is 0 Å². The molecule has 2 aliphatic carbocycles. The molecule has 2 aromatic carbocycles. The van der Waals surface area contributed by atoms with Crippen LogP contribution in [0, 0.1) is 11.8 Å². The second kappa shape index (κ2) is 6.37. The molecule has 144 valence electrons. The average molecular weight is 373 g/mol. The minimum absolute atomic E-state index is 0.00201. The van der Waals surface area contributed by atoms with Crippen LogP contribution in [-0.2, 0) is 0 Å². The summed E-state index contributed by atoms with van der Waals surface area (Å²) in [4.78, 5) is 15.5. The number of nitrogens with zero attached hydrogens (tertiary/aromatic N) is 1. The van der Waals surface area contributed by atoms with Gasteiger partial charge in [-0.25, -0.2) is 0 Å². The lowest BCUT2D eigenvalue weighted by molar-refractivity contribution is 0.102. The van der Waals surface area contributed by atoms with Crippen LogP contribution in [0.15, 0.2) is 42.5 Å². The van der Waals surface area contributed by atoms with Gasteiger partial charge in [-0.05, 0) is 84.7 Å². The Morgan fingerprint density at radius 1 is 0.857 bits per heavy atom. The predicted molar refractivity (Wildman–Crippen MR) is 113 cm³/mol.